The fourth-order valence-electron chi connectivity index (χ4n) is 3.68. The van der Waals surface area contributed by atoms with E-state index in [0.717, 1.165) is 35.5 Å². The fourth-order valence-corrected chi connectivity index (χ4v) is 4.55. The molecule has 1 spiro atoms. The zero-order valence-electron chi connectivity index (χ0n) is 14.3. The molecule has 1 aromatic heterocycles. The van der Waals surface area contributed by atoms with E-state index in [-0.39, 0.29) is 18.2 Å². The molecule has 6 heteroatoms. The van der Waals surface area contributed by atoms with Gasteiger partial charge in [0.15, 0.2) is 5.78 Å². The molecule has 1 saturated heterocycles. The van der Waals surface area contributed by atoms with Crippen LogP contribution in [0.25, 0.3) is 0 Å². The van der Waals surface area contributed by atoms with Crippen molar-refractivity contribution in [3.63, 3.8) is 0 Å². The minimum atomic E-state index is -0.771. The number of Topliss-reactive ketones (excluding diaryl/α,β-unsaturated/α-hetero) is 1. The Morgan fingerprint density at radius 1 is 1.29 bits per heavy atom. The van der Waals surface area contributed by atoms with Crippen molar-refractivity contribution in [2.75, 3.05) is 6.54 Å². The number of nitrogens with zero attached hydrogens (tertiary/aromatic N) is 1. The molecule has 2 heterocycles. The van der Waals surface area contributed by atoms with Crippen molar-refractivity contribution in [1.29, 1.82) is 0 Å². The van der Waals surface area contributed by atoms with E-state index in [2.05, 4.69) is 12.2 Å². The second kappa shape index (κ2) is 6.67. The van der Waals surface area contributed by atoms with Gasteiger partial charge in [0.1, 0.15) is 5.54 Å². The third-order valence-corrected chi connectivity index (χ3v) is 6.64. The molecule has 0 bridgehead atoms. The molecule has 24 heavy (non-hydrogen) atoms. The summed E-state index contributed by atoms with van der Waals surface area (Å²) >= 11 is 1.44. The van der Waals surface area contributed by atoms with Crippen molar-refractivity contribution in [3.8, 4) is 0 Å². The zero-order valence-corrected chi connectivity index (χ0v) is 15.1. The highest BCUT2D eigenvalue weighted by Crippen LogP contribution is 2.37. The Labute approximate surface area is 146 Å². The van der Waals surface area contributed by atoms with Crippen LogP contribution in [0.1, 0.15) is 60.5 Å². The summed E-state index contributed by atoms with van der Waals surface area (Å²) in [7, 11) is 0. The van der Waals surface area contributed by atoms with Crippen LogP contribution in [0.4, 0.5) is 4.79 Å². The average molecular weight is 348 g/mol. The molecule has 0 atom stereocenters. The molecule has 0 aromatic carbocycles. The summed E-state index contributed by atoms with van der Waals surface area (Å²) in [6.07, 6.45) is 5.25. The molecule has 1 N–H and O–H groups in total. The number of hydrogen-bond acceptors (Lipinski definition) is 4. The molecular formula is C18H24N2O3S. The van der Waals surface area contributed by atoms with Crippen LogP contribution < -0.4 is 5.32 Å². The number of nitrogens with one attached hydrogen (secondary N) is 1. The van der Waals surface area contributed by atoms with E-state index in [1.54, 1.807) is 6.07 Å². The molecule has 2 aliphatic rings. The largest absolute Gasteiger partial charge is 0.325 e. The maximum atomic E-state index is 12.8. The van der Waals surface area contributed by atoms with Gasteiger partial charge in [0.25, 0.3) is 5.91 Å². The summed E-state index contributed by atoms with van der Waals surface area (Å²) in [5, 5.41) is 2.88. The van der Waals surface area contributed by atoms with Crippen molar-refractivity contribution in [2.24, 2.45) is 5.92 Å². The van der Waals surface area contributed by atoms with Gasteiger partial charge in [-0.2, -0.15) is 0 Å². The number of amides is 3. The first kappa shape index (κ1) is 17.1. The lowest BCUT2D eigenvalue weighted by molar-refractivity contribution is -0.132. The highest BCUT2D eigenvalue weighted by atomic mass is 32.1. The predicted octanol–water partition coefficient (Wildman–Crippen LogP) is 3.38. The summed E-state index contributed by atoms with van der Waals surface area (Å²) < 4.78 is 0. The van der Waals surface area contributed by atoms with Crippen LogP contribution in [-0.2, 0) is 11.2 Å². The van der Waals surface area contributed by atoms with E-state index < -0.39 is 11.6 Å². The van der Waals surface area contributed by atoms with E-state index in [0.29, 0.717) is 23.6 Å². The van der Waals surface area contributed by atoms with Gasteiger partial charge in [-0.3, -0.25) is 14.5 Å². The highest BCUT2D eigenvalue weighted by molar-refractivity contribution is 7.14. The van der Waals surface area contributed by atoms with Gasteiger partial charge in [-0.05, 0) is 50.2 Å². The Hall–Kier alpha value is -1.69. The van der Waals surface area contributed by atoms with Gasteiger partial charge in [-0.15, -0.1) is 11.3 Å². The Balaban J connectivity index is 1.69. The van der Waals surface area contributed by atoms with Gasteiger partial charge in [-0.25, -0.2) is 4.79 Å². The van der Waals surface area contributed by atoms with E-state index in [1.807, 2.05) is 13.0 Å². The molecule has 0 unspecified atom stereocenters. The lowest BCUT2D eigenvalue weighted by Gasteiger charge is -2.34. The van der Waals surface area contributed by atoms with Gasteiger partial charge < -0.3 is 5.32 Å². The van der Waals surface area contributed by atoms with Gasteiger partial charge >= 0.3 is 6.03 Å². The minimum Gasteiger partial charge on any atom is -0.323 e. The van der Waals surface area contributed by atoms with Crippen molar-refractivity contribution in [2.45, 2.75) is 57.9 Å². The van der Waals surface area contributed by atoms with Crippen molar-refractivity contribution in [3.05, 3.63) is 21.9 Å². The monoisotopic (exact) mass is 348 g/mol. The molecule has 1 saturated carbocycles. The average Bonchev–Trinajstić information content (AvgIpc) is 3.15. The van der Waals surface area contributed by atoms with E-state index >= 15 is 0 Å². The number of aryl methyl sites for hydroxylation is 1. The quantitative estimate of drug-likeness (QED) is 0.655. The Morgan fingerprint density at radius 2 is 2.00 bits per heavy atom. The number of carbonyl (C=O) groups is 3. The molecule has 0 radical (unpaired) electrons. The van der Waals surface area contributed by atoms with Crippen molar-refractivity contribution >= 4 is 29.1 Å². The maximum absolute atomic E-state index is 12.8. The number of thiophene rings is 1. The summed E-state index contributed by atoms with van der Waals surface area (Å²) in [6.45, 7) is 4.04. The Morgan fingerprint density at radius 3 is 2.58 bits per heavy atom. The molecule has 1 aliphatic heterocycles. The fraction of sp³-hybridized carbons (Fsp3) is 0.611. The van der Waals surface area contributed by atoms with Crippen molar-refractivity contribution in [1.82, 2.24) is 10.2 Å². The summed E-state index contributed by atoms with van der Waals surface area (Å²) in [5.74, 6) is 0.250. The smallest absolute Gasteiger partial charge is 0.323 e. The lowest BCUT2D eigenvalue weighted by atomic mass is 9.75. The third kappa shape index (κ3) is 2.99. The first-order valence-corrected chi connectivity index (χ1v) is 9.56. The Bertz CT molecular complexity index is 659. The van der Waals surface area contributed by atoms with Crippen LogP contribution in [0.2, 0.25) is 0 Å². The number of carbonyl (C=O) groups excluding carboxylic acids is 3. The first-order chi connectivity index (χ1) is 11.5. The molecule has 5 nitrogen and oxygen atoms in total. The van der Waals surface area contributed by atoms with E-state index in [4.69, 9.17) is 0 Å². The number of urea groups is 1. The zero-order chi connectivity index (χ0) is 17.3. The second-order valence-corrected chi connectivity index (χ2v) is 7.97. The van der Waals surface area contributed by atoms with Gasteiger partial charge in [-0.1, -0.05) is 20.3 Å². The lowest BCUT2D eigenvalue weighted by Crippen LogP contribution is -2.49. The normalized spacial score (nSPS) is 26.9. The van der Waals surface area contributed by atoms with E-state index in [1.165, 1.54) is 11.3 Å². The standard InChI is InChI=1S/C18H24N2O3S/c1-3-12-7-9-18(10-8-12)16(22)20(17(23)19-18)11-14(21)15-6-5-13(4-2)24-15/h5-6,12H,3-4,7-11H2,1-2H3,(H,19,23). The summed E-state index contributed by atoms with van der Waals surface area (Å²) in [5.41, 5.74) is -0.771. The van der Waals surface area contributed by atoms with Crippen LogP contribution in [0.5, 0.6) is 0 Å². The van der Waals surface area contributed by atoms with Gasteiger partial charge in [0.2, 0.25) is 0 Å². The van der Waals surface area contributed by atoms with E-state index in [9.17, 15) is 14.4 Å². The molecular weight excluding hydrogens is 324 g/mol. The predicted molar refractivity (Wildman–Crippen MR) is 93.3 cm³/mol. The molecule has 3 amide bonds. The van der Waals surface area contributed by atoms with Crippen LogP contribution in [-0.4, -0.2) is 34.7 Å². The minimum absolute atomic E-state index is 0.159. The summed E-state index contributed by atoms with van der Waals surface area (Å²) in [6, 6.07) is 3.29. The van der Waals surface area contributed by atoms with Crippen LogP contribution in [0.3, 0.4) is 0 Å². The number of hydrogen-bond donors (Lipinski definition) is 1. The first-order valence-electron chi connectivity index (χ1n) is 8.75. The molecule has 3 rings (SSSR count). The number of ketones is 1. The third-order valence-electron chi connectivity index (χ3n) is 5.37. The van der Waals surface area contributed by atoms with Crippen LogP contribution in [0.15, 0.2) is 12.1 Å². The number of imide groups is 1. The Kier molecular flexibility index (Phi) is 4.76. The second-order valence-electron chi connectivity index (χ2n) is 6.80. The SMILES string of the molecule is CCc1ccc(C(=O)CN2C(=O)NC3(CCC(CC)CC3)C2=O)s1. The van der Waals surface area contributed by atoms with Gasteiger partial charge in [0, 0.05) is 4.88 Å². The molecule has 1 aromatic rings. The molecule has 2 fully saturated rings. The number of rotatable bonds is 5. The maximum Gasteiger partial charge on any atom is 0.325 e. The molecule has 130 valence electrons. The summed E-state index contributed by atoms with van der Waals surface area (Å²) in [4.78, 5) is 40.4. The van der Waals surface area contributed by atoms with Gasteiger partial charge in [0.05, 0.1) is 11.4 Å². The molecule has 1 aliphatic carbocycles. The van der Waals surface area contributed by atoms with Crippen molar-refractivity contribution < 1.29 is 14.4 Å². The topological polar surface area (TPSA) is 66.5 Å². The van der Waals surface area contributed by atoms with Crippen LogP contribution >= 0.6 is 11.3 Å². The highest BCUT2D eigenvalue weighted by Gasteiger charge is 2.52. The van der Waals surface area contributed by atoms with Crippen LogP contribution in [0, 0.1) is 5.92 Å².